The maximum atomic E-state index is 12.5. The van der Waals surface area contributed by atoms with Crippen molar-refractivity contribution in [1.82, 2.24) is 5.32 Å². The van der Waals surface area contributed by atoms with Crippen LogP contribution >= 0.6 is 0 Å². The standard InChI is InChI=1S/C34H32N2O4/c1-24(19-32(37)28-10-4-2-5-11-28)36-31(34(39)40)21-25-15-17-27(18-16-25)30-14-8-9-26(20-30)22-35-23-33(38)29-12-6-3-7-13-29/h2-18,20,31,35H,19,21-23H2,1H3,(H,39,40)/t31-/m0/s1. The van der Waals surface area contributed by atoms with Gasteiger partial charge in [-0.1, -0.05) is 103 Å². The number of aliphatic imine (C=N–C) groups is 1. The number of carboxylic acid groups (broad SMARTS) is 1. The van der Waals surface area contributed by atoms with Gasteiger partial charge in [0.1, 0.15) is 0 Å². The number of Topliss-reactive ketones (excluding diaryl/α,β-unsaturated/α-hetero) is 2. The summed E-state index contributed by atoms with van der Waals surface area (Å²) in [6.45, 7) is 2.52. The molecule has 4 rings (SSSR count). The summed E-state index contributed by atoms with van der Waals surface area (Å²) in [5, 5.41) is 13.0. The molecule has 0 bridgehead atoms. The minimum Gasteiger partial charge on any atom is -0.480 e. The molecule has 1 atom stereocenters. The van der Waals surface area contributed by atoms with Crippen molar-refractivity contribution in [3.05, 3.63) is 131 Å². The number of benzene rings is 4. The van der Waals surface area contributed by atoms with Gasteiger partial charge in [0, 0.05) is 36.2 Å². The van der Waals surface area contributed by atoms with Crippen molar-refractivity contribution < 1.29 is 19.5 Å². The molecule has 0 radical (unpaired) electrons. The quantitative estimate of drug-likeness (QED) is 0.161. The van der Waals surface area contributed by atoms with Crippen LogP contribution in [0.25, 0.3) is 11.1 Å². The van der Waals surface area contributed by atoms with Gasteiger partial charge in [0.2, 0.25) is 0 Å². The molecule has 6 nitrogen and oxygen atoms in total. The van der Waals surface area contributed by atoms with Gasteiger partial charge in [0.05, 0.1) is 6.54 Å². The van der Waals surface area contributed by atoms with E-state index in [0.717, 1.165) is 22.3 Å². The molecule has 0 aliphatic carbocycles. The second kappa shape index (κ2) is 13.9. The van der Waals surface area contributed by atoms with Crippen LogP contribution in [-0.4, -0.2) is 40.9 Å². The maximum Gasteiger partial charge on any atom is 0.328 e. The third-order valence-corrected chi connectivity index (χ3v) is 6.53. The summed E-state index contributed by atoms with van der Waals surface area (Å²) in [6.07, 6.45) is 0.310. The second-order valence-corrected chi connectivity index (χ2v) is 9.68. The number of carbonyl (C=O) groups excluding carboxylic acids is 2. The zero-order valence-corrected chi connectivity index (χ0v) is 22.4. The Labute approximate surface area is 234 Å². The molecular formula is C34H32N2O4. The summed E-state index contributed by atoms with van der Waals surface area (Å²) in [5.41, 5.74) is 5.71. The minimum absolute atomic E-state index is 0.0503. The van der Waals surface area contributed by atoms with Crippen LogP contribution in [-0.2, 0) is 17.8 Å². The zero-order valence-electron chi connectivity index (χ0n) is 22.4. The van der Waals surface area contributed by atoms with E-state index in [1.165, 1.54) is 0 Å². The first-order chi connectivity index (χ1) is 19.4. The number of aliphatic carboxylic acids is 1. The smallest absolute Gasteiger partial charge is 0.328 e. The predicted molar refractivity (Wildman–Crippen MR) is 158 cm³/mol. The fraction of sp³-hybridized carbons (Fsp3) is 0.176. The van der Waals surface area contributed by atoms with Crippen molar-refractivity contribution in [2.24, 2.45) is 4.99 Å². The van der Waals surface area contributed by atoms with E-state index in [-0.39, 0.29) is 31.0 Å². The molecule has 2 N–H and O–H groups in total. The summed E-state index contributed by atoms with van der Waals surface area (Å²) in [4.78, 5) is 41.0. The van der Waals surface area contributed by atoms with Crippen molar-refractivity contribution >= 4 is 23.2 Å². The second-order valence-electron chi connectivity index (χ2n) is 9.68. The van der Waals surface area contributed by atoms with Crippen LogP contribution < -0.4 is 5.32 Å². The fourth-order valence-electron chi connectivity index (χ4n) is 4.42. The zero-order chi connectivity index (χ0) is 28.3. The first kappa shape index (κ1) is 28.3. The monoisotopic (exact) mass is 532 g/mol. The molecule has 0 heterocycles. The average molecular weight is 533 g/mol. The van der Waals surface area contributed by atoms with Gasteiger partial charge in [0.15, 0.2) is 17.6 Å². The molecule has 0 spiro atoms. The van der Waals surface area contributed by atoms with E-state index >= 15 is 0 Å². The Morgan fingerprint density at radius 3 is 1.98 bits per heavy atom. The maximum absolute atomic E-state index is 12.5. The first-order valence-electron chi connectivity index (χ1n) is 13.2. The molecule has 0 saturated carbocycles. The van der Waals surface area contributed by atoms with Crippen LogP contribution in [0.5, 0.6) is 0 Å². The van der Waals surface area contributed by atoms with E-state index < -0.39 is 12.0 Å². The third-order valence-electron chi connectivity index (χ3n) is 6.53. The number of rotatable bonds is 13. The highest BCUT2D eigenvalue weighted by Crippen LogP contribution is 2.22. The Hall–Kier alpha value is -4.68. The number of carbonyl (C=O) groups is 3. The van der Waals surface area contributed by atoms with Gasteiger partial charge in [0.25, 0.3) is 0 Å². The van der Waals surface area contributed by atoms with E-state index in [0.29, 0.717) is 23.4 Å². The number of nitrogens with one attached hydrogen (secondary N) is 1. The van der Waals surface area contributed by atoms with Crippen LogP contribution in [0.3, 0.4) is 0 Å². The summed E-state index contributed by atoms with van der Waals surface area (Å²) < 4.78 is 0. The van der Waals surface area contributed by atoms with Crippen LogP contribution in [0.1, 0.15) is 45.2 Å². The van der Waals surface area contributed by atoms with Crippen molar-refractivity contribution in [2.75, 3.05) is 6.54 Å². The molecule has 4 aromatic carbocycles. The molecule has 0 amide bonds. The van der Waals surface area contributed by atoms with Crippen LogP contribution in [0.4, 0.5) is 0 Å². The van der Waals surface area contributed by atoms with Gasteiger partial charge in [-0.05, 0) is 35.2 Å². The first-order valence-corrected chi connectivity index (χ1v) is 13.2. The highest BCUT2D eigenvalue weighted by molar-refractivity contribution is 6.09. The predicted octanol–water partition coefficient (Wildman–Crippen LogP) is 6.06. The van der Waals surface area contributed by atoms with Gasteiger partial charge >= 0.3 is 5.97 Å². The molecular weight excluding hydrogens is 500 g/mol. The van der Waals surface area contributed by atoms with Crippen molar-refractivity contribution in [3.63, 3.8) is 0 Å². The van der Waals surface area contributed by atoms with Gasteiger partial charge in [-0.3, -0.25) is 14.6 Å². The van der Waals surface area contributed by atoms with E-state index in [1.807, 2.05) is 78.9 Å². The Morgan fingerprint density at radius 2 is 1.35 bits per heavy atom. The average Bonchev–Trinajstić information content (AvgIpc) is 2.98. The Kier molecular flexibility index (Phi) is 9.86. The Balaban J connectivity index is 1.35. The van der Waals surface area contributed by atoms with Crippen molar-refractivity contribution in [2.45, 2.75) is 32.4 Å². The van der Waals surface area contributed by atoms with E-state index in [2.05, 4.69) is 16.4 Å². The molecule has 202 valence electrons. The number of nitrogens with zero attached hydrogens (tertiary/aromatic N) is 1. The van der Waals surface area contributed by atoms with Crippen LogP contribution in [0.15, 0.2) is 114 Å². The van der Waals surface area contributed by atoms with Crippen LogP contribution in [0, 0.1) is 0 Å². The SMILES string of the molecule is CC(CC(=O)c1ccccc1)=N[C@@H](Cc1ccc(-c2cccc(CNCC(=O)c3ccccc3)c2)cc1)C(=O)O. The van der Waals surface area contributed by atoms with Gasteiger partial charge < -0.3 is 10.4 Å². The molecule has 0 saturated heterocycles. The normalized spacial score (nSPS) is 12.1. The lowest BCUT2D eigenvalue weighted by molar-refractivity contribution is -0.138. The van der Waals surface area contributed by atoms with Gasteiger partial charge in [-0.2, -0.15) is 0 Å². The lowest BCUT2D eigenvalue weighted by Gasteiger charge is -2.11. The highest BCUT2D eigenvalue weighted by atomic mass is 16.4. The molecule has 0 aromatic heterocycles. The Bertz CT molecular complexity index is 1480. The molecule has 6 heteroatoms. The third kappa shape index (κ3) is 8.16. The molecule has 0 aliphatic rings. The lowest BCUT2D eigenvalue weighted by Crippen LogP contribution is -2.22. The Morgan fingerprint density at radius 1 is 0.725 bits per heavy atom. The number of carboxylic acids is 1. The van der Waals surface area contributed by atoms with Crippen molar-refractivity contribution in [1.29, 1.82) is 0 Å². The lowest BCUT2D eigenvalue weighted by atomic mass is 9.99. The number of hydrogen-bond donors (Lipinski definition) is 2. The number of hydrogen-bond acceptors (Lipinski definition) is 5. The van der Waals surface area contributed by atoms with Gasteiger partial charge in [-0.25, -0.2) is 4.79 Å². The summed E-state index contributed by atoms with van der Waals surface area (Å²) in [5.74, 6) is -1.06. The largest absolute Gasteiger partial charge is 0.480 e. The minimum atomic E-state index is -1.03. The summed E-state index contributed by atoms with van der Waals surface area (Å²) >= 11 is 0. The van der Waals surface area contributed by atoms with E-state index in [4.69, 9.17) is 0 Å². The van der Waals surface area contributed by atoms with E-state index in [1.54, 1.807) is 31.2 Å². The highest BCUT2D eigenvalue weighted by Gasteiger charge is 2.18. The molecule has 0 aliphatic heterocycles. The molecule has 0 unspecified atom stereocenters. The van der Waals surface area contributed by atoms with Crippen LogP contribution in [0.2, 0.25) is 0 Å². The topological polar surface area (TPSA) is 95.8 Å². The molecule has 4 aromatic rings. The van der Waals surface area contributed by atoms with Crippen molar-refractivity contribution in [3.8, 4) is 11.1 Å². The van der Waals surface area contributed by atoms with Gasteiger partial charge in [-0.15, -0.1) is 0 Å². The fourth-order valence-corrected chi connectivity index (χ4v) is 4.42. The van der Waals surface area contributed by atoms with E-state index in [9.17, 15) is 19.5 Å². The summed E-state index contributed by atoms with van der Waals surface area (Å²) in [6, 6.07) is 33.0. The number of ketones is 2. The molecule has 40 heavy (non-hydrogen) atoms. The summed E-state index contributed by atoms with van der Waals surface area (Å²) in [7, 11) is 0. The molecule has 0 fully saturated rings.